The molecule has 1 heterocycles. The molecule has 1 N–H and O–H groups in total. The number of benzene rings is 1. The maximum absolute atomic E-state index is 13.3. The van der Waals surface area contributed by atoms with Crippen LogP contribution in [-0.4, -0.2) is 48.4 Å². The second-order valence-electron chi connectivity index (χ2n) is 6.22. The van der Waals surface area contributed by atoms with Gasteiger partial charge in [-0.3, -0.25) is 9.59 Å². The molecule has 7 heteroatoms. The quantitative estimate of drug-likeness (QED) is 0.561. The van der Waals surface area contributed by atoms with Gasteiger partial charge in [0.05, 0.1) is 6.61 Å². The molecule has 1 aromatic rings. The van der Waals surface area contributed by atoms with Crippen molar-refractivity contribution >= 4 is 17.8 Å². The summed E-state index contributed by atoms with van der Waals surface area (Å²) in [6.45, 7) is 6.28. The second kappa shape index (κ2) is 9.12. The van der Waals surface area contributed by atoms with Gasteiger partial charge in [-0.2, -0.15) is 0 Å². The summed E-state index contributed by atoms with van der Waals surface area (Å²) in [5.74, 6) is -1.36. The Labute approximate surface area is 152 Å². The summed E-state index contributed by atoms with van der Waals surface area (Å²) >= 11 is 0. The van der Waals surface area contributed by atoms with Gasteiger partial charge in [0, 0.05) is 31.8 Å². The Morgan fingerprint density at radius 1 is 1.42 bits per heavy atom. The van der Waals surface area contributed by atoms with E-state index in [2.05, 4.69) is 11.9 Å². The third-order valence-electron chi connectivity index (χ3n) is 4.15. The molecule has 0 spiro atoms. The minimum atomic E-state index is -0.879. The van der Waals surface area contributed by atoms with Gasteiger partial charge in [0.15, 0.2) is 0 Å². The molecule has 1 aromatic carbocycles. The van der Waals surface area contributed by atoms with Crippen LogP contribution in [0.15, 0.2) is 36.9 Å². The number of carbonyl (C=O) groups excluding carboxylic acids is 3. The Bertz CT molecular complexity index is 686. The number of likely N-dealkylation sites (tertiary alicyclic amines) is 1. The van der Waals surface area contributed by atoms with Crippen LogP contribution in [0, 0.1) is 11.7 Å². The predicted molar refractivity (Wildman–Crippen MR) is 93.6 cm³/mol. The van der Waals surface area contributed by atoms with E-state index >= 15 is 0 Å². The van der Waals surface area contributed by atoms with E-state index in [0.29, 0.717) is 18.7 Å². The van der Waals surface area contributed by atoms with E-state index in [0.717, 1.165) is 0 Å². The van der Waals surface area contributed by atoms with Crippen LogP contribution in [0.4, 0.5) is 4.39 Å². The van der Waals surface area contributed by atoms with Gasteiger partial charge in [0.1, 0.15) is 11.9 Å². The van der Waals surface area contributed by atoms with E-state index in [-0.39, 0.29) is 37.2 Å². The molecule has 0 saturated carbocycles. The summed E-state index contributed by atoms with van der Waals surface area (Å²) in [7, 11) is 0. The summed E-state index contributed by atoms with van der Waals surface area (Å²) in [5, 5.41) is 2.67. The highest BCUT2D eigenvalue weighted by molar-refractivity contribution is 5.88. The zero-order chi connectivity index (χ0) is 19.1. The van der Waals surface area contributed by atoms with Crippen molar-refractivity contribution in [2.24, 2.45) is 5.92 Å². The first-order valence-corrected chi connectivity index (χ1v) is 8.54. The highest BCUT2D eigenvalue weighted by atomic mass is 19.1. The highest BCUT2D eigenvalue weighted by Gasteiger charge is 2.32. The lowest BCUT2D eigenvalue weighted by Crippen LogP contribution is -2.52. The zero-order valence-electron chi connectivity index (χ0n) is 14.7. The van der Waals surface area contributed by atoms with Gasteiger partial charge in [0.25, 0.3) is 0 Å². The molecule has 2 amide bonds. The first kappa shape index (κ1) is 19.6. The molecule has 1 saturated heterocycles. The van der Waals surface area contributed by atoms with Gasteiger partial charge in [-0.25, -0.2) is 9.18 Å². The summed E-state index contributed by atoms with van der Waals surface area (Å²) in [5.41, 5.74) is 0.592. The van der Waals surface area contributed by atoms with Crippen LogP contribution in [0.25, 0.3) is 0 Å². The van der Waals surface area contributed by atoms with Crippen LogP contribution >= 0.6 is 0 Å². The number of esters is 1. The van der Waals surface area contributed by atoms with Crippen LogP contribution in [-0.2, 0) is 25.5 Å². The Hall–Kier alpha value is -2.70. The van der Waals surface area contributed by atoms with Crippen LogP contribution in [0.2, 0.25) is 0 Å². The number of nitrogens with zero attached hydrogens (tertiary/aromatic N) is 1. The van der Waals surface area contributed by atoms with E-state index < -0.39 is 17.8 Å². The average molecular weight is 362 g/mol. The molecule has 0 bridgehead atoms. The fraction of sp³-hybridized carbons (Fsp3) is 0.421. The van der Waals surface area contributed by atoms with Crippen molar-refractivity contribution in [3.63, 3.8) is 0 Å². The number of amides is 2. The zero-order valence-corrected chi connectivity index (χ0v) is 14.7. The molecule has 0 aromatic heterocycles. The van der Waals surface area contributed by atoms with E-state index in [1.165, 1.54) is 18.2 Å². The summed E-state index contributed by atoms with van der Waals surface area (Å²) in [6, 6.07) is 4.99. The molecule has 2 rings (SSSR count). The van der Waals surface area contributed by atoms with Gasteiger partial charge in [-0.15, -0.1) is 0 Å². The minimum Gasteiger partial charge on any atom is -0.464 e. The summed E-state index contributed by atoms with van der Waals surface area (Å²) in [4.78, 5) is 37.4. The van der Waals surface area contributed by atoms with Crippen LogP contribution in [0.5, 0.6) is 0 Å². The number of halogens is 1. The van der Waals surface area contributed by atoms with Gasteiger partial charge in [-0.1, -0.05) is 18.7 Å². The monoisotopic (exact) mass is 362 g/mol. The van der Waals surface area contributed by atoms with Gasteiger partial charge < -0.3 is 15.0 Å². The average Bonchev–Trinajstić information content (AvgIpc) is 2.56. The van der Waals surface area contributed by atoms with Crippen molar-refractivity contribution in [3.05, 3.63) is 48.3 Å². The lowest BCUT2D eigenvalue weighted by atomic mass is 9.95. The number of carbonyl (C=O) groups is 3. The van der Waals surface area contributed by atoms with Crippen molar-refractivity contribution in [1.82, 2.24) is 10.2 Å². The molecule has 0 aliphatic carbocycles. The third-order valence-corrected chi connectivity index (χ3v) is 4.15. The predicted octanol–water partition coefficient (Wildman–Crippen LogP) is 1.45. The van der Waals surface area contributed by atoms with Crippen molar-refractivity contribution < 1.29 is 23.5 Å². The second-order valence-corrected chi connectivity index (χ2v) is 6.22. The minimum absolute atomic E-state index is 0.0518. The first-order valence-electron chi connectivity index (χ1n) is 8.54. The largest absolute Gasteiger partial charge is 0.464 e. The highest BCUT2D eigenvalue weighted by Crippen LogP contribution is 2.19. The van der Waals surface area contributed by atoms with E-state index in [1.807, 2.05) is 0 Å². The smallest absolute Gasteiger partial charge is 0.328 e. The van der Waals surface area contributed by atoms with Crippen molar-refractivity contribution in [2.75, 3.05) is 19.7 Å². The Balaban J connectivity index is 1.91. The van der Waals surface area contributed by atoms with Gasteiger partial charge in [0.2, 0.25) is 11.8 Å². The molecule has 140 valence electrons. The van der Waals surface area contributed by atoms with E-state index in [4.69, 9.17) is 4.74 Å². The van der Waals surface area contributed by atoms with Gasteiger partial charge in [-0.05, 0) is 30.7 Å². The summed E-state index contributed by atoms with van der Waals surface area (Å²) < 4.78 is 18.3. The number of hydrogen-bond acceptors (Lipinski definition) is 4. The fourth-order valence-electron chi connectivity index (χ4n) is 2.86. The Morgan fingerprint density at radius 2 is 2.15 bits per heavy atom. The number of hydrogen-bond donors (Lipinski definition) is 1. The van der Waals surface area contributed by atoms with Crippen LogP contribution in [0.3, 0.4) is 0 Å². The van der Waals surface area contributed by atoms with Crippen molar-refractivity contribution in [3.8, 4) is 0 Å². The van der Waals surface area contributed by atoms with Crippen LogP contribution < -0.4 is 5.32 Å². The first-order chi connectivity index (χ1) is 12.4. The molecule has 0 radical (unpaired) electrons. The molecule has 1 aliphatic heterocycles. The Kier molecular flexibility index (Phi) is 6.89. The number of nitrogens with one attached hydrogen (secondary N) is 1. The van der Waals surface area contributed by atoms with E-state index in [1.54, 1.807) is 24.0 Å². The number of rotatable bonds is 8. The molecule has 26 heavy (non-hydrogen) atoms. The maximum atomic E-state index is 13.3. The summed E-state index contributed by atoms with van der Waals surface area (Å²) in [6.07, 6.45) is 1.60. The lowest BCUT2D eigenvalue weighted by molar-refractivity contribution is -0.147. The SMILES string of the molecule is C=CC(=O)N1CC(CC(=O)NC(Cc2cccc(F)c2)C(=O)OCC)C1. The topological polar surface area (TPSA) is 75.7 Å². The fourth-order valence-corrected chi connectivity index (χ4v) is 2.86. The van der Waals surface area contributed by atoms with Crippen LogP contribution in [0.1, 0.15) is 18.9 Å². The molecular weight excluding hydrogens is 339 g/mol. The molecule has 1 atom stereocenters. The van der Waals surface area contributed by atoms with Crippen molar-refractivity contribution in [1.29, 1.82) is 0 Å². The maximum Gasteiger partial charge on any atom is 0.328 e. The standard InChI is InChI=1S/C19H23FN2O4/c1-3-18(24)22-11-14(12-22)10-17(23)21-16(19(25)26-4-2)9-13-6-5-7-15(20)8-13/h3,5-8,14,16H,1,4,9-12H2,2H3,(H,21,23). The molecule has 1 fully saturated rings. The number of ether oxygens (including phenoxy) is 1. The van der Waals surface area contributed by atoms with Gasteiger partial charge >= 0.3 is 5.97 Å². The van der Waals surface area contributed by atoms with E-state index in [9.17, 15) is 18.8 Å². The normalized spacial score (nSPS) is 14.9. The molecule has 1 unspecified atom stereocenters. The third kappa shape index (κ3) is 5.40. The molecular formula is C19H23FN2O4. The lowest BCUT2D eigenvalue weighted by Gasteiger charge is -2.38. The molecule has 6 nitrogen and oxygen atoms in total. The Morgan fingerprint density at radius 3 is 2.77 bits per heavy atom. The molecule has 1 aliphatic rings. The van der Waals surface area contributed by atoms with Crippen molar-refractivity contribution in [2.45, 2.75) is 25.8 Å².